The Labute approximate surface area is 174 Å². The van der Waals surface area contributed by atoms with Crippen LogP contribution in [0.15, 0.2) is 47.6 Å². The van der Waals surface area contributed by atoms with E-state index in [1.54, 1.807) is 11.3 Å². The number of fused-ring (bicyclic) bond motifs is 1. The first-order chi connectivity index (χ1) is 13.9. The van der Waals surface area contributed by atoms with Crippen LogP contribution in [-0.2, 0) is 11.0 Å². The molecule has 1 atom stereocenters. The minimum Gasteiger partial charge on any atom is -0.332 e. The van der Waals surface area contributed by atoms with Gasteiger partial charge in [0.05, 0.1) is 32.6 Å². The summed E-state index contributed by atoms with van der Waals surface area (Å²) >= 11 is 2.77. The number of para-hydroxylation sites is 1. The highest BCUT2D eigenvalue weighted by atomic mass is 32.2. The Balaban J connectivity index is 1.45. The highest BCUT2D eigenvalue weighted by Crippen LogP contribution is 2.36. The third-order valence-corrected chi connectivity index (χ3v) is 6.89. The number of hydrogen-bond donors (Lipinski definition) is 0. The number of benzene rings is 1. The standard InChI is InChI=1S/C20H18F3N3OS2/c21-20(22,23)13-8-9-17(24-11-13)28-12-18(27)26-10-4-3-6-15(26)19-25-14-5-1-2-7-16(14)29-19/h1-2,5,7-9,11,15H,3-4,6,10,12H2. The number of alkyl halides is 3. The van der Waals surface area contributed by atoms with E-state index in [0.29, 0.717) is 11.6 Å². The molecule has 0 N–H and O–H groups in total. The third kappa shape index (κ3) is 4.56. The van der Waals surface area contributed by atoms with Crippen molar-refractivity contribution in [1.29, 1.82) is 0 Å². The lowest BCUT2D eigenvalue weighted by Crippen LogP contribution is -2.39. The van der Waals surface area contributed by atoms with Gasteiger partial charge in [0.25, 0.3) is 0 Å². The lowest BCUT2D eigenvalue weighted by molar-refractivity contribution is -0.138. The molecule has 1 aliphatic rings. The van der Waals surface area contributed by atoms with Crippen LogP contribution in [0.25, 0.3) is 10.2 Å². The van der Waals surface area contributed by atoms with E-state index in [4.69, 9.17) is 4.98 Å². The second-order valence-electron chi connectivity index (χ2n) is 6.79. The van der Waals surface area contributed by atoms with Crippen molar-refractivity contribution in [1.82, 2.24) is 14.9 Å². The van der Waals surface area contributed by atoms with Crippen molar-refractivity contribution >= 4 is 39.2 Å². The van der Waals surface area contributed by atoms with Gasteiger partial charge in [0.2, 0.25) is 5.91 Å². The van der Waals surface area contributed by atoms with E-state index < -0.39 is 11.7 Å². The fourth-order valence-electron chi connectivity index (χ4n) is 3.37. The molecule has 1 fully saturated rings. The second kappa shape index (κ2) is 8.31. The van der Waals surface area contributed by atoms with Crippen LogP contribution in [0.5, 0.6) is 0 Å². The quantitative estimate of drug-likeness (QED) is 0.502. The van der Waals surface area contributed by atoms with Gasteiger partial charge in [-0.3, -0.25) is 4.79 Å². The number of carbonyl (C=O) groups excluding carboxylic acids is 1. The number of nitrogens with zero attached hydrogens (tertiary/aromatic N) is 3. The highest BCUT2D eigenvalue weighted by Gasteiger charge is 2.32. The Morgan fingerprint density at radius 3 is 2.76 bits per heavy atom. The van der Waals surface area contributed by atoms with Gasteiger partial charge in [0, 0.05) is 12.7 Å². The van der Waals surface area contributed by atoms with Crippen LogP contribution < -0.4 is 0 Å². The SMILES string of the molecule is O=C(CSc1ccc(C(F)(F)F)cn1)N1CCCCC1c1nc2ccccc2s1. The molecule has 1 aliphatic heterocycles. The Morgan fingerprint density at radius 2 is 2.03 bits per heavy atom. The maximum atomic E-state index is 12.9. The third-order valence-electron chi connectivity index (χ3n) is 4.83. The smallest absolute Gasteiger partial charge is 0.332 e. The molecule has 4 rings (SSSR count). The van der Waals surface area contributed by atoms with Crippen molar-refractivity contribution in [3.63, 3.8) is 0 Å². The minimum absolute atomic E-state index is 0.0411. The van der Waals surface area contributed by atoms with Gasteiger partial charge >= 0.3 is 6.18 Å². The van der Waals surface area contributed by atoms with Gasteiger partial charge < -0.3 is 4.90 Å². The van der Waals surface area contributed by atoms with Gasteiger partial charge in [0.1, 0.15) is 5.01 Å². The molecule has 9 heteroatoms. The van der Waals surface area contributed by atoms with E-state index in [-0.39, 0.29) is 17.7 Å². The molecule has 0 saturated carbocycles. The summed E-state index contributed by atoms with van der Waals surface area (Å²) in [5.41, 5.74) is 0.147. The molecule has 4 nitrogen and oxygen atoms in total. The van der Waals surface area contributed by atoms with Crippen molar-refractivity contribution in [3.8, 4) is 0 Å². The van der Waals surface area contributed by atoms with Gasteiger partial charge in [-0.1, -0.05) is 23.9 Å². The molecule has 1 saturated heterocycles. The van der Waals surface area contributed by atoms with Crippen molar-refractivity contribution in [2.24, 2.45) is 0 Å². The number of thioether (sulfide) groups is 1. The maximum Gasteiger partial charge on any atom is 0.417 e. The van der Waals surface area contributed by atoms with E-state index in [9.17, 15) is 18.0 Å². The lowest BCUT2D eigenvalue weighted by atomic mass is 10.0. The van der Waals surface area contributed by atoms with Crippen molar-refractivity contribution in [2.75, 3.05) is 12.3 Å². The summed E-state index contributed by atoms with van der Waals surface area (Å²) in [4.78, 5) is 23.3. The predicted octanol–water partition coefficient (Wildman–Crippen LogP) is 5.56. The largest absolute Gasteiger partial charge is 0.417 e. The highest BCUT2D eigenvalue weighted by molar-refractivity contribution is 7.99. The zero-order valence-electron chi connectivity index (χ0n) is 15.4. The molecule has 0 radical (unpaired) electrons. The van der Waals surface area contributed by atoms with Crippen LogP contribution in [0.1, 0.15) is 35.9 Å². The van der Waals surface area contributed by atoms with Crippen LogP contribution in [0, 0.1) is 0 Å². The monoisotopic (exact) mass is 437 g/mol. The van der Waals surface area contributed by atoms with Crippen LogP contribution in [0.4, 0.5) is 13.2 Å². The van der Waals surface area contributed by atoms with Crippen molar-refractivity contribution in [3.05, 3.63) is 53.2 Å². The number of piperidine rings is 1. The maximum absolute atomic E-state index is 12.9. The number of aromatic nitrogens is 2. The van der Waals surface area contributed by atoms with Crippen LogP contribution in [0.3, 0.4) is 0 Å². The molecule has 3 heterocycles. The molecule has 0 aliphatic carbocycles. The normalized spacial score (nSPS) is 17.6. The number of hydrogen-bond acceptors (Lipinski definition) is 5. The molecule has 1 amide bonds. The Bertz CT molecular complexity index is 971. The van der Waals surface area contributed by atoms with Gasteiger partial charge in [-0.2, -0.15) is 13.2 Å². The average molecular weight is 438 g/mol. The van der Waals surface area contributed by atoms with Crippen LogP contribution >= 0.6 is 23.1 Å². The minimum atomic E-state index is -4.41. The summed E-state index contributed by atoms with van der Waals surface area (Å²) in [7, 11) is 0. The van der Waals surface area contributed by atoms with Gasteiger partial charge in [-0.05, 0) is 43.5 Å². The molecule has 152 valence electrons. The Kier molecular flexibility index (Phi) is 5.78. The van der Waals surface area contributed by atoms with E-state index >= 15 is 0 Å². The number of rotatable bonds is 4. The summed E-state index contributed by atoms with van der Waals surface area (Å²) in [5, 5.41) is 1.34. The molecular formula is C20H18F3N3OS2. The molecule has 0 bridgehead atoms. The number of likely N-dealkylation sites (tertiary alicyclic amines) is 1. The first-order valence-electron chi connectivity index (χ1n) is 9.23. The van der Waals surface area contributed by atoms with Crippen LogP contribution in [-0.4, -0.2) is 33.1 Å². The summed E-state index contributed by atoms with van der Waals surface area (Å²) in [6.07, 6.45) is -0.759. The van der Waals surface area contributed by atoms with Gasteiger partial charge in [0.15, 0.2) is 0 Å². The molecule has 1 aromatic carbocycles. The Hall–Kier alpha value is -2.13. The molecule has 0 spiro atoms. The summed E-state index contributed by atoms with van der Waals surface area (Å²) in [6.45, 7) is 0.667. The number of halogens is 3. The van der Waals surface area contributed by atoms with Crippen molar-refractivity contribution in [2.45, 2.75) is 36.5 Å². The van der Waals surface area contributed by atoms with Crippen molar-refractivity contribution < 1.29 is 18.0 Å². The van der Waals surface area contributed by atoms with Gasteiger partial charge in [-0.25, -0.2) is 9.97 Å². The zero-order chi connectivity index (χ0) is 20.4. The topological polar surface area (TPSA) is 46.1 Å². The zero-order valence-corrected chi connectivity index (χ0v) is 17.0. The number of pyridine rings is 1. The number of amides is 1. The summed E-state index contributed by atoms with van der Waals surface area (Å²) in [6, 6.07) is 10.2. The molecule has 3 aromatic rings. The van der Waals surface area contributed by atoms with E-state index in [0.717, 1.165) is 58.5 Å². The predicted molar refractivity (Wildman–Crippen MR) is 108 cm³/mol. The fraction of sp³-hybridized carbons (Fsp3) is 0.350. The van der Waals surface area contributed by atoms with Crippen LogP contribution in [0.2, 0.25) is 0 Å². The van der Waals surface area contributed by atoms with E-state index in [1.807, 2.05) is 29.2 Å². The second-order valence-corrected chi connectivity index (χ2v) is 8.85. The summed E-state index contributed by atoms with van der Waals surface area (Å²) in [5.74, 6) is 0.0976. The lowest BCUT2D eigenvalue weighted by Gasteiger charge is -2.34. The first-order valence-corrected chi connectivity index (χ1v) is 11.0. The van der Waals surface area contributed by atoms with E-state index in [1.165, 1.54) is 6.07 Å². The molecule has 1 unspecified atom stereocenters. The fourth-order valence-corrected chi connectivity index (χ4v) is 5.22. The van der Waals surface area contributed by atoms with Gasteiger partial charge in [-0.15, -0.1) is 11.3 Å². The molecule has 2 aromatic heterocycles. The van der Waals surface area contributed by atoms with E-state index in [2.05, 4.69) is 4.98 Å². The molecule has 29 heavy (non-hydrogen) atoms. The average Bonchev–Trinajstić information content (AvgIpc) is 3.16. The summed E-state index contributed by atoms with van der Waals surface area (Å²) < 4.78 is 39.0. The molecular weight excluding hydrogens is 419 g/mol. The number of carbonyl (C=O) groups is 1. The number of thiazole rings is 1. The first kappa shape index (κ1) is 20.2. The Morgan fingerprint density at radius 1 is 1.21 bits per heavy atom.